The van der Waals surface area contributed by atoms with Crippen LogP contribution in [0.15, 0.2) is 0 Å². The molecule has 0 unspecified atom stereocenters. The summed E-state index contributed by atoms with van der Waals surface area (Å²) in [6, 6.07) is 0. The molecule has 7 heteroatoms. The van der Waals surface area contributed by atoms with Crippen molar-refractivity contribution in [1.29, 1.82) is 0 Å². The van der Waals surface area contributed by atoms with E-state index in [4.69, 9.17) is 5.11 Å². The quantitative estimate of drug-likeness (QED) is 0.372. The molecule has 0 bridgehead atoms. The number of carboxylic acid groups (broad SMARTS) is 1. The minimum atomic E-state index is -1.62. The first-order valence-electron chi connectivity index (χ1n) is 6.33. The van der Waals surface area contributed by atoms with Crippen molar-refractivity contribution in [1.82, 2.24) is 0 Å². The number of phenolic OH excluding ortho intramolecular Hbond substituents is 1. The summed E-state index contributed by atoms with van der Waals surface area (Å²) < 4.78 is 4.56. The number of rotatable bonds is 5. The van der Waals surface area contributed by atoms with E-state index in [1.807, 2.05) is 6.92 Å². The molecule has 0 aliphatic rings. The van der Waals surface area contributed by atoms with E-state index >= 15 is 0 Å². The lowest BCUT2D eigenvalue weighted by Crippen LogP contribution is -2.11. The zero-order valence-electron chi connectivity index (χ0n) is 11.6. The molecule has 0 saturated heterocycles. The molecule has 0 aromatic heterocycles. The van der Waals surface area contributed by atoms with Crippen molar-refractivity contribution in [3.8, 4) is 11.5 Å². The maximum absolute atomic E-state index is 11.1. The molecule has 0 aliphatic heterocycles. The molecule has 0 saturated carbocycles. The monoisotopic (exact) mass is 283 g/mol. The molecule has 7 nitrogen and oxygen atoms in total. The number of carbonyl (C=O) groups is 1. The predicted octanol–water partition coefficient (Wildman–Crippen LogP) is 3.04. The summed E-state index contributed by atoms with van der Waals surface area (Å²) in [6.45, 7) is 5.34. The first-order chi connectivity index (χ1) is 9.38. The zero-order chi connectivity index (χ0) is 15.4. The summed E-state index contributed by atoms with van der Waals surface area (Å²) in [7, 11) is 0. The third-order valence-electron chi connectivity index (χ3n) is 3.16. The summed E-state index contributed by atoms with van der Waals surface area (Å²) in [6.07, 6.45) is -0.350. The van der Waals surface area contributed by atoms with Crippen LogP contribution in [0.4, 0.5) is 10.5 Å². The molecular formula is C13H17NO6. The Hall–Kier alpha value is -2.31. The standard InChI is InChI=1S/C13H17NO6/c1-4-7-8(5-2)10(14(18)19)11(15)12(9(7)6-3)20-13(16)17/h15H,4-6H2,1-3H3,(H,16,17). The average Bonchev–Trinajstić information content (AvgIpc) is 2.38. The zero-order valence-corrected chi connectivity index (χ0v) is 11.6. The molecule has 1 rings (SSSR count). The van der Waals surface area contributed by atoms with E-state index in [0.29, 0.717) is 36.0 Å². The van der Waals surface area contributed by atoms with Gasteiger partial charge in [0.1, 0.15) is 0 Å². The molecule has 1 aromatic carbocycles. The molecule has 2 N–H and O–H groups in total. The molecule has 0 radical (unpaired) electrons. The molecule has 0 spiro atoms. The van der Waals surface area contributed by atoms with E-state index in [0.717, 1.165) is 0 Å². The van der Waals surface area contributed by atoms with Gasteiger partial charge < -0.3 is 14.9 Å². The summed E-state index contributed by atoms with van der Waals surface area (Å²) in [5.41, 5.74) is 1.10. The number of nitro benzene ring substituents is 1. The number of phenols is 1. The van der Waals surface area contributed by atoms with Crippen molar-refractivity contribution in [3.05, 3.63) is 26.8 Å². The fourth-order valence-electron chi connectivity index (χ4n) is 2.43. The smallest absolute Gasteiger partial charge is 0.499 e. The van der Waals surface area contributed by atoms with Gasteiger partial charge in [-0.1, -0.05) is 20.8 Å². The number of hydrogen-bond donors (Lipinski definition) is 2. The Morgan fingerprint density at radius 2 is 1.65 bits per heavy atom. The van der Waals surface area contributed by atoms with Crippen LogP contribution in [-0.2, 0) is 19.3 Å². The van der Waals surface area contributed by atoms with Crippen LogP contribution < -0.4 is 4.74 Å². The summed E-state index contributed by atoms with van der Waals surface area (Å²) in [5.74, 6) is -1.05. The van der Waals surface area contributed by atoms with Crippen LogP contribution in [-0.4, -0.2) is 21.3 Å². The maximum Gasteiger partial charge on any atom is 0.511 e. The molecule has 0 heterocycles. The second-order valence-electron chi connectivity index (χ2n) is 4.15. The van der Waals surface area contributed by atoms with E-state index in [1.165, 1.54) is 0 Å². The van der Waals surface area contributed by atoms with Gasteiger partial charge in [0.15, 0.2) is 5.75 Å². The van der Waals surface area contributed by atoms with Crippen LogP contribution in [0.5, 0.6) is 11.5 Å². The van der Waals surface area contributed by atoms with E-state index in [1.54, 1.807) is 13.8 Å². The fourth-order valence-corrected chi connectivity index (χ4v) is 2.43. The Morgan fingerprint density at radius 1 is 1.15 bits per heavy atom. The van der Waals surface area contributed by atoms with Gasteiger partial charge in [-0.3, -0.25) is 10.1 Å². The Labute approximate surface area is 116 Å². The highest BCUT2D eigenvalue weighted by Gasteiger charge is 2.30. The number of ether oxygens (including phenoxy) is 1. The number of aromatic hydroxyl groups is 1. The lowest BCUT2D eigenvalue weighted by atomic mass is 9.92. The van der Waals surface area contributed by atoms with E-state index in [9.17, 15) is 20.0 Å². The molecular weight excluding hydrogens is 266 g/mol. The van der Waals surface area contributed by atoms with Crippen LogP contribution >= 0.6 is 0 Å². The first-order valence-corrected chi connectivity index (χ1v) is 6.33. The van der Waals surface area contributed by atoms with Crippen molar-refractivity contribution < 1.29 is 24.7 Å². The first kappa shape index (κ1) is 15.7. The molecule has 0 aliphatic carbocycles. The topological polar surface area (TPSA) is 110 Å². The number of hydrogen-bond acceptors (Lipinski definition) is 5. The van der Waals surface area contributed by atoms with Gasteiger partial charge in [0.25, 0.3) is 0 Å². The highest BCUT2D eigenvalue weighted by molar-refractivity contribution is 5.72. The SMILES string of the molecule is CCc1c(CC)c(OC(=O)O)c(O)c([N+](=O)[O-])c1CC. The summed E-state index contributed by atoms with van der Waals surface area (Å²) >= 11 is 0. The lowest BCUT2D eigenvalue weighted by Gasteiger charge is -2.17. The second kappa shape index (κ2) is 6.23. The van der Waals surface area contributed by atoms with Crippen molar-refractivity contribution in [2.24, 2.45) is 0 Å². The van der Waals surface area contributed by atoms with E-state index in [-0.39, 0.29) is 5.75 Å². The van der Waals surface area contributed by atoms with Gasteiger partial charge in [0.05, 0.1) is 4.92 Å². The normalized spacial score (nSPS) is 10.3. The van der Waals surface area contributed by atoms with Crippen molar-refractivity contribution in [2.45, 2.75) is 40.0 Å². The average molecular weight is 283 g/mol. The highest BCUT2D eigenvalue weighted by Crippen LogP contribution is 2.45. The van der Waals surface area contributed by atoms with Crippen LogP contribution in [0.3, 0.4) is 0 Å². The van der Waals surface area contributed by atoms with Crippen LogP contribution in [0.25, 0.3) is 0 Å². The van der Waals surface area contributed by atoms with Crippen molar-refractivity contribution in [2.75, 3.05) is 0 Å². The van der Waals surface area contributed by atoms with Gasteiger partial charge in [-0.05, 0) is 24.8 Å². The minimum Gasteiger partial charge on any atom is -0.499 e. The predicted molar refractivity (Wildman–Crippen MR) is 71.5 cm³/mol. The molecule has 20 heavy (non-hydrogen) atoms. The third-order valence-corrected chi connectivity index (χ3v) is 3.16. The van der Waals surface area contributed by atoms with E-state index in [2.05, 4.69) is 4.74 Å². The number of nitro groups is 1. The number of nitrogens with zero attached hydrogens (tertiary/aromatic N) is 1. The lowest BCUT2D eigenvalue weighted by molar-refractivity contribution is -0.386. The highest BCUT2D eigenvalue weighted by atomic mass is 16.7. The van der Waals surface area contributed by atoms with Gasteiger partial charge in [0, 0.05) is 11.1 Å². The van der Waals surface area contributed by atoms with Crippen LogP contribution in [0.2, 0.25) is 0 Å². The van der Waals surface area contributed by atoms with Crippen molar-refractivity contribution >= 4 is 11.8 Å². The number of benzene rings is 1. The molecule has 0 atom stereocenters. The van der Waals surface area contributed by atoms with Crippen LogP contribution in [0, 0.1) is 10.1 Å². The van der Waals surface area contributed by atoms with Gasteiger partial charge in [-0.2, -0.15) is 0 Å². The molecule has 110 valence electrons. The summed E-state index contributed by atoms with van der Waals surface area (Å²) in [4.78, 5) is 21.2. The summed E-state index contributed by atoms with van der Waals surface area (Å²) in [5, 5.41) is 29.9. The van der Waals surface area contributed by atoms with Gasteiger partial charge in [0.2, 0.25) is 5.75 Å². The van der Waals surface area contributed by atoms with Crippen LogP contribution in [0.1, 0.15) is 37.5 Å². The van der Waals surface area contributed by atoms with Gasteiger partial charge >= 0.3 is 11.8 Å². The van der Waals surface area contributed by atoms with Crippen molar-refractivity contribution in [3.63, 3.8) is 0 Å². The Bertz CT molecular complexity index is 553. The van der Waals surface area contributed by atoms with E-state index < -0.39 is 22.5 Å². The Morgan fingerprint density at radius 3 is 2.00 bits per heavy atom. The second-order valence-corrected chi connectivity index (χ2v) is 4.15. The van der Waals surface area contributed by atoms with Gasteiger partial charge in [-0.25, -0.2) is 4.79 Å². The third kappa shape index (κ3) is 2.66. The van der Waals surface area contributed by atoms with Gasteiger partial charge in [-0.15, -0.1) is 0 Å². The molecule has 1 aromatic rings. The minimum absolute atomic E-state index is 0.333. The Kier molecular flexibility index (Phi) is 4.90. The largest absolute Gasteiger partial charge is 0.511 e. The molecule has 0 amide bonds. The maximum atomic E-state index is 11.1. The fraction of sp³-hybridized carbons (Fsp3) is 0.462. The molecule has 0 fully saturated rings. The Balaban J connectivity index is 3.79.